The number of hydrogen-bond donors (Lipinski definition) is 0. The minimum atomic E-state index is 1.33. The molecular weight excluding hydrogens is 352 g/mol. The zero-order chi connectivity index (χ0) is 17.4. The molecule has 26 heavy (non-hydrogen) atoms. The Morgan fingerprint density at radius 2 is 0.885 bits per heavy atom. The zero-order valence-electron chi connectivity index (χ0n) is 14.6. The van der Waals surface area contributed by atoms with Gasteiger partial charge in [-0.3, -0.25) is 0 Å². The summed E-state index contributed by atoms with van der Waals surface area (Å²) in [6, 6.07) is 23.1. The van der Waals surface area contributed by atoms with Crippen molar-refractivity contribution in [3.63, 3.8) is 0 Å². The Hall–Kier alpha value is -2.42. The maximum absolute atomic E-state index is 2.38. The average molecular weight is 369 g/mol. The van der Waals surface area contributed by atoms with Crippen molar-refractivity contribution in [1.82, 2.24) is 0 Å². The van der Waals surface area contributed by atoms with E-state index in [0.717, 1.165) is 0 Å². The highest BCUT2D eigenvalue weighted by Crippen LogP contribution is 2.40. The van der Waals surface area contributed by atoms with Gasteiger partial charge in [0.05, 0.1) is 0 Å². The van der Waals surface area contributed by atoms with Gasteiger partial charge in [0.15, 0.2) is 0 Å². The minimum Gasteiger partial charge on any atom is -0.135 e. The van der Waals surface area contributed by atoms with Gasteiger partial charge in [0.2, 0.25) is 0 Å². The van der Waals surface area contributed by atoms with Crippen LogP contribution in [0.25, 0.3) is 51.1 Å². The molecule has 0 N–H and O–H groups in total. The van der Waals surface area contributed by atoms with Gasteiger partial charge < -0.3 is 0 Å². The van der Waals surface area contributed by atoms with Crippen LogP contribution in [-0.2, 0) is 0 Å². The molecule has 4 aromatic carbocycles. The summed E-state index contributed by atoms with van der Waals surface area (Å²) in [5, 5.41) is 8.21. The van der Waals surface area contributed by atoms with E-state index < -0.39 is 0 Å². The van der Waals surface area contributed by atoms with Crippen LogP contribution < -0.4 is 0 Å². The molecule has 0 spiro atoms. The molecule has 0 saturated heterocycles. The van der Waals surface area contributed by atoms with Crippen molar-refractivity contribution in [1.29, 1.82) is 0 Å². The molecule has 0 bridgehead atoms. The van der Waals surface area contributed by atoms with Gasteiger partial charge in [0.1, 0.15) is 0 Å². The van der Waals surface area contributed by atoms with Crippen LogP contribution in [0.1, 0.15) is 11.1 Å². The Morgan fingerprint density at radius 1 is 0.462 bits per heavy atom. The van der Waals surface area contributed by atoms with Gasteiger partial charge in [-0.15, -0.1) is 22.7 Å². The van der Waals surface area contributed by atoms with Crippen LogP contribution in [0.3, 0.4) is 0 Å². The maximum Gasteiger partial charge on any atom is 0.0361 e. The highest BCUT2D eigenvalue weighted by atomic mass is 32.1. The lowest BCUT2D eigenvalue weighted by molar-refractivity contribution is 1.52. The number of aryl methyl sites for hydroxylation is 2. The number of thiophene rings is 2. The Morgan fingerprint density at radius 3 is 1.35 bits per heavy atom. The van der Waals surface area contributed by atoms with E-state index in [4.69, 9.17) is 0 Å². The smallest absolute Gasteiger partial charge is 0.0361 e. The summed E-state index contributed by atoms with van der Waals surface area (Å²) >= 11 is 3.81. The number of benzene rings is 4. The second-order valence-corrected chi connectivity index (χ2v) is 9.41. The summed E-state index contributed by atoms with van der Waals surface area (Å²) < 4.78 is 5.54. The Balaban J connectivity index is 1.75. The Kier molecular flexibility index (Phi) is 2.87. The van der Waals surface area contributed by atoms with Gasteiger partial charge in [-0.05, 0) is 72.1 Å². The van der Waals surface area contributed by atoms with Crippen molar-refractivity contribution < 1.29 is 0 Å². The van der Waals surface area contributed by atoms with Gasteiger partial charge in [0, 0.05) is 40.3 Å². The van der Waals surface area contributed by atoms with Crippen LogP contribution in [0.4, 0.5) is 0 Å². The summed E-state index contributed by atoms with van der Waals surface area (Å²) in [6.07, 6.45) is 0. The fraction of sp³-hybridized carbons (Fsp3) is 0.0833. The Bertz CT molecular complexity index is 1380. The molecular formula is C24H16S2. The molecule has 2 heterocycles. The van der Waals surface area contributed by atoms with Crippen molar-refractivity contribution in [2.75, 3.05) is 0 Å². The predicted molar refractivity (Wildman–Crippen MR) is 119 cm³/mol. The SMILES string of the molecule is Cc1ccc2c(c1)sc1cc3cc4c(cc3cc12)sc1cc(C)ccc14. The summed E-state index contributed by atoms with van der Waals surface area (Å²) in [6.45, 7) is 4.34. The van der Waals surface area contributed by atoms with Gasteiger partial charge in [0.25, 0.3) is 0 Å². The van der Waals surface area contributed by atoms with E-state index in [9.17, 15) is 0 Å². The third-order valence-electron chi connectivity index (χ3n) is 5.33. The molecule has 0 saturated carbocycles. The number of rotatable bonds is 0. The van der Waals surface area contributed by atoms with Gasteiger partial charge in [-0.25, -0.2) is 0 Å². The molecule has 0 nitrogen and oxygen atoms in total. The lowest BCUT2D eigenvalue weighted by Crippen LogP contribution is -1.75. The van der Waals surface area contributed by atoms with Gasteiger partial charge >= 0.3 is 0 Å². The normalized spacial score (nSPS) is 12.2. The highest BCUT2D eigenvalue weighted by Gasteiger charge is 2.10. The van der Waals surface area contributed by atoms with Gasteiger partial charge in [-0.2, -0.15) is 0 Å². The summed E-state index contributed by atoms with van der Waals surface area (Å²) in [5.41, 5.74) is 2.66. The molecule has 2 aromatic heterocycles. The first-order valence-electron chi connectivity index (χ1n) is 8.85. The second-order valence-electron chi connectivity index (χ2n) is 7.25. The first-order chi connectivity index (χ1) is 12.7. The largest absolute Gasteiger partial charge is 0.135 e. The van der Waals surface area contributed by atoms with Crippen molar-refractivity contribution >= 4 is 73.8 Å². The summed E-state index contributed by atoms with van der Waals surface area (Å²) in [5.74, 6) is 0. The van der Waals surface area contributed by atoms with E-state index in [1.165, 1.54) is 62.2 Å². The molecule has 0 aliphatic heterocycles. The average Bonchev–Trinajstić information content (AvgIpc) is 3.13. The minimum absolute atomic E-state index is 1.33. The van der Waals surface area contributed by atoms with Crippen LogP contribution >= 0.6 is 22.7 Å². The van der Waals surface area contributed by atoms with Gasteiger partial charge in [-0.1, -0.05) is 24.3 Å². The standard InChI is InChI=1S/C24H16S2/c1-13-3-5-17-19-9-15-12-24-20(18-6-4-14(2)8-22(18)26-24)10-16(15)11-23(19)25-21(17)7-13/h3-12H,1-2H3. The monoisotopic (exact) mass is 368 g/mol. The van der Waals surface area contributed by atoms with Crippen molar-refractivity contribution in [3.8, 4) is 0 Å². The first-order valence-corrected chi connectivity index (χ1v) is 10.5. The summed E-state index contributed by atoms with van der Waals surface area (Å²) in [4.78, 5) is 0. The lowest BCUT2D eigenvalue weighted by atomic mass is 10.0. The van der Waals surface area contributed by atoms with E-state index in [2.05, 4.69) is 74.5 Å². The topological polar surface area (TPSA) is 0 Å². The molecule has 6 aromatic rings. The highest BCUT2D eigenvalue weighted by molar-refractivity contribution is 7.26. The molecule has 0 aliphatic rings. The Labute approximate surface area is 159 Å². The lowest BCUT2D eigenvalue weighted by Gasteiger charge is -2.01. The van der Waals surface area contributed by atoms with Crippen LogP contribution in [0.2, 0.25) is 0 Å². The predicted octanol–water partition coefficient (Wildman–Crippen LogP) is 8.19. The third-order valence-corrected chi connectivity index (χ3v) is 7.56. The van der Waals surface area contributed by atoms with E-state index in [1.54, 1.807) is 0 Å². The second kappa shape index (κ2) is 5.06. The van der Waals surface area contributed by atoms with Crippen molar-refractivity contribution in [3.05, 3.63) is 71.8 Å². The molecule has 0 radical (unpaired) electrons. The molecule has 124 valence electrons. The molecule has 0 amide bonds. The molecule has 0 atom stereocenters. The van der Waals surface area contributed by atoms with Crippen LogP contribution in [0, 0.1) is 13.8 Å². The van der Waals surface area contributed by atoms with E-state index in [-0.39, 0.29) is 0 Å². The number of hydrogen-bond acceptors (Lipinski definition) is 2. The molecule has 0 unspecified atom stereocenters. The quantitative estimate of drug-likeness (QED) is 0.253. The number of fused-ring (bicyclic) bond motifs is 7. The fourth-order valence-electron chi connectivity index (χ4n) is 4.01. The zero-order valence-corrected chi connectivity index (χ0v) is 16.2. The molecule has 2 heteroatoms. The van der Waals surface area contributed by atoms with Crippen LogP contribution in [0.15, 0.2) is 60.7 Å². The van der Waals surface area contributed by atoms with E-state index >= 15 is 0 Å². The van der Waals surface area contributed by atoms with Crippen LogP contribution in [0.5, 0.6) is 0 Å². The van der Waals surface area contributed by atoms with Crippen molar-refractivity contribution in [2.24, 2.45) is 0 Å². The summed E-state index contributed by atoms with van der Waals surface area (Å²) in [7, 11) is 0. The fourth-order valence-corrected chi connectivity index (χ4v) is 6.48. The van der Waals surface area contributed by atoms with Crippen molar-refractivity contribution in [2.45, 2.75) is 13.8 Å². The van der Waals surface area contributed by atoms with Crippen LogP contribution in [-0.4, -0.2) is 0 Å². The maximum atomic E-state index is 2.38. The molecule has 6 rings (SSSR count). The molecule has 0 aliphatic carbocycles. The van der Waals surface area contributed by atoms with E-state index in [0.29, 0.717) is 0 Å². The third kappa shape index (κ3) is 2.00. The first kappa shape index (κ1) is 14.7. The van der Waals surface area contributed by atoms with E-state index in [1.807, 2.05) is 22.7 Å². The molecule has 0 fully saturated rings.